The van der Waals surface area contributed by atoms with Gasteiger partial charge in [-0.25, -0.2) is 5.43 Å². The van der Waals surface area contributed by atoms with Crippen LogP contribution in [0.3, 0.4) is 0 Å². The van der Waals surface area contributed by atoms with E-state index in [-0.39, 0.29) is 6.04 Å². The lowest BCUT2D eigenvalue weighted by atomic mass is 9.89. The molecule has 1 heterocycles. The summed E-state index contributed by atoms with van der Waals surface area (Å²) >= 11 is 0. The number of hydrogen-bond donors (Lipinski definition) is 3. The molecular weight excluding hydrogens is 262 g/mol. The molecule has 4 heteroatoms. The van der Waals surface area contributed by atoms with E-state index in [2.05, 4.69) is 61.2 Å². The highest BCUT2D eigenvalue weighted by Gasteiger charge is 2.35. The van der Waals surface area contributed by atoms with Crippen LogP contribution < -0.4 is 20.9 Å². The Morgan fingerprint density at radius 2 is 2.00 bits per heavy atom. The lowest BCUT2D eigenvalue weighted by Crippen LogP contribution is -2.32. The molecule has 0 bridgehead atoms. The molecule has 1 aromatic rings. The third kappa shape index (κ3) is 4.19. The predicted molar refractivity (Wildman–Crippen MR) is 87.4 cm³/mol. The minimum atomic E-state index is 0.289. The van der Waals surface area contributed by atoms with Gasteiger partial charge < -0.3 is 10.1 Å². The topological polar surface area (TPSA) is 45.3 Å². The van der Waals surface area contributed by atoms with E-state index in [9.17, 15) is 0 Å². The molecule has 4 nitrogen and oxygen atoms in total. The maximum absolute atomic E-state index is 5.99. The molecule has 0 spiro atoms. The highest BCUT2D eigenvalue weighted by atomic mass is 16.5. The van der Waals surface area contributed by atoms with Gasteiger partial charge in [-0.2, -0.15) is 0 Å². The Bertz CT molecular complexity index is 424. The number of unbranched alkanes of at least 4 members (excludes halogenated alkanes) is 1. The SMILES string of the molecule is CCCCOc1ccccc1C1NNC(C)C1CNCC. The number of ether oxygens (including phenoxy) is 1. The molecule has 0 saturated carbocycles. The summed E-state index contributed by atoms with van der Waals surface area (Å²) in [4.78, 5) is 0. The van der Waals surface area contributed by atoms with Gasteiger partial charge in [0.15, 0.2) is 0 Å². The summed E-state index contributed by atoms with van der Waals surface area (Å²) in [6.07, 6.45) is 2.26. The number of rotatable bonds is 8. The van der Waals surface area contributed by atoms with Crippen molar-refractivity contribution in [3.8, 4) is 5.75 Å². The first-order valence-electron chi connectivity index (χ1n) is 8.21. The molecule has 0 aromatic heterocycles. The highest BCUT2D eigenvalue weighted by Crippen LogP contribution is 2.34. The molecule has 1 saturated heterocycles. The van der Waals surface area contributed by atoms with Crippen LogP contribution in [-0.4, -0.2) is 25.7 Å². The van der Waals surface area contributed by atoms with E-state index in [1.165, 1.54) is 5.56 Å². The van der Waals surface area contributed by atoms with Crippen molar-refractivity contribution in [2.24, 2.45) is 5.92 Å². The summed E-state index contributed by atoms with van der Waals surface area (Å²) < 4.78 is 5.99. The van der Waals surface area contributed by atoms with E-state index in [1.54, 1.807) is 0 Å². The van der Waals surface area contributed by atoms with E-state index in [0.29, 0.717) is 12.0 Å². The van der Waals surface area contributed by atoms with Crippen molar-refractivity contribution >= 4 is 0 Å². The molecular formula is C17H29N3O. The fourth-order valence-electron chi connectivity index (χ4n) is 2.83. The molecule has 0 radical (unpaired) electrons. The Kier molecular flexibility index (Phi) is 6.49. The molecule has 1 aliphatic rings. The molecule has 1 aliphatic heterocycles. The maximum Gasteiger partial charge on any atom is 0.124 e. The number of nitrogens with one attached hydrogen (secondary N) is 3. The molecule has 0 amide bonds. The largest absolute Gasteiger partial charge is 0.493 e. The van der Waals surface area contributed by atoms with Crippen LogP contribution >= 0.6 is 0 Å². The van der Waals surface area contributed by atoms with Crippen LogP contribution in [0.4, 0.5) is 0 Å². The number of benzene rings is 1. The first-order valence-corrected chi connectivity index (χ1v) is 8.21. The molecule has 1 aromatic carbocycles. The van der Waals surface area contributed by atoms with E-state index in [0.717, 1.165) is 38.3 Å². The van der Waals surface area contributed by atoms with Crippen molar-refractivity contribution in [3.05, 3.63) is 29.8 Å². The molecule has 3 atom stereocenters. The fourth-order valence-corrected chi connectivity index (χ4v) is 2.83. The molecule has 2 rings (SSSR count). The molecule has 3 unspecified atom stereocenters. The lowest BCUT2D eigenvalue weighted by Gasteiger charge is -2.23. The Hall–Kier alpha value is -1.10. The molecule has 3 N–H and O–H groups in total. The van der Waals surface area contributed by atoms with Crippen LogP contribution in [0.15, 0.2) is 24.3 Å². The zero-order chi connectivity index (χ0) is 15.1. The normalized spacial score (nSPS) is 25.2. The lowest BCUT2D eigenvalue weighted by molar-refractivity contribution is 0.298. The zero-order valence-electron chi connectivity index (χ0n) is 13.5. The smallest absolute Gasteiger partial charge is 0.124 e. The molecule has 0 aliphatic carbocycles. The van der Waals surface area contributed by atoms with Gasteiger partial charge in [0.05, 0.1) is 12.6 Å². The second-order valence-electron chi connectivity index (χ2n) is 5.77. The minimum absolute atomic E-state index is 0.289. The van der Waals surface area contributed by atoms with Crippen LogP contribution in [0.25, 0.3) is 0 Å². The second kappa shape index (κ2) is 8.37. The molecule has 21 heavy (non-hydrogen) atoms. The summed E-state index contributed by atoms with van der Waals surface area (Å²) in [6.45, 7) is 9.37. The summed E-state index contributed by atoms with van der Waals surface area (Å²) in [5, 5.41) is 3.47. The standard InChI is InChI=1S/C17H29N3O/c1-4-6-11-21-16-10-8-7-9-14(16)17-15(12-18-5-2)13(3)19-20-17/h7-10,13,15,17-20H,4-6,11-12H2,1-3H3. The van der Waals surface area contributed by atoms with E-state index < -0.39 is 0 Å². The summed E-state index contributed by atoms with van der Waals surface area (Å²) in [5.74, 6) is 1.53. The van der Waals surface area contributed by atoms with Crippen LogP contribution in [0.1, 0.15) is 45.2 Å². The van der Waals surface area contributed by atoms with Gasteiger partial charge in [0.1, 0.15) is 5.75 Å². The second-order valence-corrected chi connectivity index (χ2v) is 5.77. The van der Waals surface area contributed by atoms with Crippen molar-refractivity contribution in [1.29, 1.82) is 0 Å². The van der Waals surface area contributed by atoms with Gasteiger partial charge >= 0.3 is 0 Å². The number of hydrazine groups is 1. The van der Waals surface area contributed by atoms with Crippen molar-refractivity contribution in [3.63, 3.8) is 0 Å². The minimum Gasteiger partial charge on any atom is -0.493 e. The van der Waals surface area contributed by atoms with Crippen LogP contribution in [-0.2, 0) is 0 Å². The van der Waals surface area contributed by atoms with Crippen LogP contribution in [0.2, 0.25) is 0 Å². The third-order valence-electron chi connectivity index (χ3n) is 4.18. The maximum atomic E-state index is 5.99. The van der Waals surface area contributed by atoms with Gasteiger partial charge in [-0.1, -0.05) is 38.5 Å². The first kappa shape index (κ1) is 16.3. The van der Waals surface area contributed by atoms with Crippen LogP contribution in [0, 0.1) is 5.92 Å². The highest BCUT2D eigenvalue weighted by molar-refractivity contribution is 5.37. The van der Waals surface area contributed by atoms with Gasteiger partial charge in [-0.15, -0.1) is 0 Å². The van der Waals surface area contributed by atoms with Gasteiger partial charge in [0, 0.05) is 24.1 Å². The average Bonchev–Trinajstić information content (AvgIpc) is 2.87. The fraction of sp³-hybridized carbons (Fsp3) is 0.647. The van der Waals surface area contributed by atoms with Crippen molar-refractivity contribution < 1.29 is 4.74 Å². The summed E-state index contributed by atoms with van der Waals surface area (Å²) in [7, 11) is 0. The van der Waals surface area contributed by atoms with Gasteiger partial charge in [-0.05, 0) is 26.0 Å². The Labute approximate surface area is 128 Å². The van der Waals surface area contributed by atoms with E-state index >= 15 is 0 Å². The number of hydrogen-bond acceptors (Lipinski definition) is 4. The van der Waals surface area contributed by atoms with E-state index in [1.807, 2.05) is 0 Å². The van der Waals surface area contributed by atoms with Gasteiger partial charge in [0.2, 0.25) is 0 Å². The van der Waals surface area contributed by atoms with Crippen molar-refractivity contribution in [2.75, 3.05) is 19.7 Å². The van der Waals surface area contributed by atoms with E-state index in [4.69, 9.17) is 4.74 Å². The number of para-hydroxylation sites is 1. The van der Waals surface area contributed by atoms with Gasteiger partial charge in [-0.3, -0.25) is 5.43 Å². The molecule has 1 fully saturated rings. The Morgan fingerprint density at radius 1 is 1.19 bits per heavy atom. The quantitative estimate of drug-likeness (QED) is 0.644. The Balaban J connectivity index is 2.11. The first-order chi connectivity index (χ1) is 10.3. The average molecular weight is 291 g/mol. The predicted octanol–water partition coefficient (Wildman–Crippen LogP) is 2.63. The monoisotopic (exact) mass is 291 g/mol. The third-order valence-corrected chi connectivity index (χ3v) is 4.18. The van der Waals surface area contributed by atoms with Gasteiger partial charge in [0.25, 0.3) is 0 Å². The zero-order valence-corrected chi connectivity index (χ0v) is 13.5. The summed E-state index contributed by atoms with van der Waals surface area (Å²) in [5.41, 5.74) is 8.08. The van der Waals surface area contributed by atoms with Crippen molar-refractivity contribution in [1.82, 2.24) is 16.2 Å². The van der Waals surface area contributed by atoms with Crippen LogP contribution in [0.5, 0.6) is 5.75 Å². The van der Waals surface area contributed by atoms with Crippen molar-refractivity contribution in [2.45, 2.75) is 45.7 Å². The molecule has 118 valence electrons. The Morgan fingerprint density at radius 3 is 2.76 bits per heavy atom. The summed E-state index contributed by atoms with van der Waals surface area (Å²) in [6, 6.07) is 9.14.